The Kier molecular flexibility index (Phi) is 2.22. The first-order valence-corrected chi connectivity index (χ1v) is 6.27. The van der Waals surface area contributed by atoms with Crippen LogP contribution in [0.5, 0.6) is 0 Å². The monoisotopic (exact) mass is 228 g/mol. The summed E-state index contributed by atoms with van der Waals surface area (Å²) in [5.74, 6) is 0.593. The molecule has 1 spiro atoms. The number of benzene rings is 1. The molecule has 0 N–H and O–H groups in total. The Labute approximate surface area is 101 Å². The lowest BCUT2D eigenvalue weighted by atomic mass is 9.71. The number of rotatable bonds is 0. The smallest absolute Gasteiger partial charge is 0.169 e. The number of carbonyl (C=O) groups excluding carboxylic acids is 2. The fourth-order valence-electron chi connectivity index (χ4n) is 3.23. The molecule has 2 aliphatic carbocycles. The summed E-state index contributed by atoms with van der Waals surface area (Å²) in [6.07, 6.45) is 3.50. The highest BCUT2D eigenvalue weighted by Crippen LogP contribution is 2.46. The minimum Gasteiger partial charge on any atom is -0.300 e. The molecule has 2 nitrogen and oxygen atoms in total. The summed E-state index contributed by atoms with van der Waals surface area (Å²) in [4.78, 5) is 23.8. The van der Waals surface area contributed by atoms with Crippen LogP contribution in [-0.2, 0) is 11.2 Å². The zero-order chi connectivity index (χ0) is 12.0. The van der Waals surface area contributed by atoms with Gasteiger partial charge in [-0.15, -0.1) is 0 Å². The van der Waals surface area contributed by atoms with E-state index in [-0.39, 0.29) is 11.2 Å². The van der Waals surface area contributed by atoms with Crippen molar-refractivity contribution in [1.29, 1.82) is 0 Å². The maximum absolute atomic E-state index is 12.5. The number of fused-ring (bicyclic) bond motifs is 1. The molecule has 1 fully saturated rings. The molecule has 1 aromatic rings. The highest BCUT2D eigenvalue weighted by molar-refractivity contribution is 6.05. The van der Waals surface area contributed by atoms with Gasteiger partial charge in [-0.1, -0.05) is 23.8 Å². The van der Waals surface area contributed by atoms with Gasteiger partial charge in [-0.05, 0) is 31.7 Å². The predicted octanol–water partition coefficient (Wildman–Crippen LogP) is 2.86. The molecule has 0 amide bonds. The van der Waals surface area contributed by atoms with Gasteiger partial charge in [0.05, 0.1) is 0 Å². The van der Waals surface area contributed by atoms with Crippen LogP contribution in [-0.4, -0.2) is 11.6 Å². The van der Waals surface area contributed by atoms with Gasteiger partial charge in [0.25, 0.3) is 0 Å². The van der Waals surface area contributed by atoms with Crippen molar-refractivity contribution < 1.29 is 9.59 Å². The molecule has 1 saturated carbocycles. The Morgan fingerprint density at radius 2 is 1.82 bits per heavy atom. The summed E-state index contributed by atoms with van der Waals surface area (Å²) in [5.41, 5.74) is 3.04. The Morgan fingerprint density at radius 1 is 1.12 bits per heavy atom. The first-order valence-electron chi connectivity index (χ1n) is 6.27. The summed E-state index contributed by atoms with van der Waals surface area (Å²) in [6, 6.07) is 6.08. The fraction of sp³-hybridized carbons (Fsp3) is 0.467. The van der Waals surface area contributed by atoms with E-state index < -0.39 is 0 Å². The molecular weight excluding hydrogens is 212 g/mol. The number of hydrogen-bond donors (Lipinski definition) is 0. The maximum atomic E-state index is 12.5. The number of Topliss-reactive ketones (excluding diaryl/α,β-unsaturated/α-hetero) is 2. The van der Waals surface area contributed by atoms with Crippen LogP contribution < -0.4 is 0 Å². The molecule has 0 saturated heterocycles. The molecular formula is C15H16O2. The van der Waals surface area contributed by atoms with E-state index in [1.54, 1.807) is 0 Å². The fourth-order valence-corrected chi connectivity index (χ4v) is 3.23. The quantitative estimate of drug-likeness (QED) is 0.684. The second-order valence-electron chi connectivity index (χ2n) is 5.49. The van der Waals surface area contributed by atoms with Gasteiger partial charge >= 0.3 is 0 Å². The molecule has 3 rings (SSSR count). The van der Waals surface area contributed by atoms with Crippen molar-refractivity contribution in [3.05, 3.63) is 34.9 Å². The number of hydrogen-bond acceptors (Lipinski definition) is 2. The lowest BCUT2D eigenvalue weighted by molar-refractivity contribution is -0.121. The van der Waals surface area contributed by atoms with Gasteiger partial charge in [0, 0.05) is 23.8 Å². The summed E-state index contributed by atoms with van der Waals surface area (Å²) >= 11 is 0. The lowest BCUT2D eigenvalue weighted by Gasteiger charge is -2.30. The van der Waals surface area contributed by atoms with E-state index in [1.165, 1.54) is 11.1 Å². The van der Waals surface area contributed by atoms with Crippen LogP contribution in [0.25, 0.3) is 0 Å². The molecule has 2 aliphatic rings. The van der Waals surface area contributed by atoms with Crippen LogP contribution in [0.4, 0.5) is 0 Å². The topological polar surface area (TPSA) is 34.1 Å². The van der Waals surface area contributed by atoms with E-state index in [2.05, 4.69) is 13.0 Å². The molecule has 0 atom stereocenters. The van der Waals surface area contributed by atoms with E-state index in [1.807, 2.05) is 12.1 Å². The normalized spacial score (nSPS) is 21.9. The van der Waals surface area contributed by atoms with E-state index >= 15 is 0 Å². The van der Waals surface area contributed by atoms with E-state index in [0.29, 0.717) is 18.6 Å². The zero-order valence-corrected chi connectivity index (χ0v) is 10.1. The Morgan fingerprint density at radius 3 is 2.53 bits per heavy atom. The largest absolute Gasteiger partial charge is 0.300 e. The van der Waals surface area contributed by atoms with Gasteiger partial charge in [-0.25, -0.2) is 0 Å². The summed E-state index contributed by atoms with van der Waals surface area (Å²) in [5, 5.41) is 0. The van der Waals surface area contributed by atoms with Gasteiger partial charge in [-0.3, -0.25) is 9.59 Å². The molecule has 0 heterocycles. The summed E-state index contributed by atoms with van der Waals surface area (Å²) in [7, 11) is 0. The molecule has 1 aromatic carbocycles. The van der Waals surface area contributed by atoms with E-state index in [0.717, 1.165) is 24.8 Å². The van der Waals surface area contributed by atoms with Gasteiger partial charge in [0.2, 0.25) is 0 Å². The molecule has 88 valence electrons. The third-order valence-corrected chi connectivity index (χ3v) is 4.28. The predicted molar refractivity (Wildman–Crippen MR) is 65.1 cm³/mol. The molecule has 0 radical (unpaired) electrons. The van der Waals surface area contributed by atoms with E-state index in [9.17, 15) is 9.59 Å². The van der Waals surface area contributed by atoms with Crippen molar-refractivity contribution in [3.8, 4) is 0 Å². The molecule has 0 bridgehead atoms. The highest BCUT2D eigenvalue weighted by Gasteiger charge is 2.46. The van der Waals surface area contributed by atoms with Gasteiger partial charge < -0.3 is 0 Å². The number of aryl methyl sites for hydroxylation is 1. The van der Waals surface area contributed by atoms with Crippen LogP contribution in [0.2, 0.25) is 0 Å². The minimum atomic E-state index is -0.246. The van der Waals surface area contributed by atoms with Crippen molar-refractivity contribution in [2.45, 2.75) is 39.0 Å². The van der Waals surface area contributed by atoms with Crippen LogP contribution in [0.1, 0.15) is 47.2 Å². The third-order valence-electron chi connectivity index (χ3n) is 4.28. The average Bonchev–Trinajstić information content (AvgIpc) is 2.57. The minimum absolute atomic E-state index is 0.246. The second kappa shape index (κ2) is 3.52. The molecule has 2 heteroatoms. The second-order valence-corrected chi connectivity index (χ2v) is 5.49. The lowest BCUT2D eigenvalue weighted by Crippen LogP contribution is -2.33. The zero-order valence-electron chi connectivity index (χ0n) is 10.1. The first kappa shape index (κ1) is 10.7. The van der Waals surface area contributed by atoms with Crippen molar-refractivity contribution in [2.24, 2.45) is 5.41 Å². The molecule has 17 heavy (non-hydrogen) atoms. The van der Waals surface area contributed by atoms with Crippen molar-refractivity contribution >= 4 is 11.6 Å². The van der Waals surface area contributed by atoms with Crippen molar-refractivity contribution in [3.63, 3.8) is 0 Å². The van der Waals surface area contributed by atoms with Crippen molar-refractivity contribution in [1.82, 2.24) is 0 Å². The van der Waals surface area contributed by atoms with Gasteiger partial charge in [-0.2, -0.15) is 0 Å². The summed E-state index contributed by atoms with van der Waals surface area (Å²) in [6.45, 7) is 2.06. The van der Waals surface area contributed by atoms with Crippen molar-refractivity contribution in [2.75, 3.05) is 0 Å². The van der Waals surface area contributed by atoms with Crippen LogP contribution in [0.15, 0.2) is 18.2 Å². The van der Waals surface area contributed by atoms with Gasteiger partial charge in [0.15, 0.2) is 5.78 Å². The average molecular weight is 228 g/mol. The standard InChI is InChI=1S/C15H16O2/c1-10-2-3-13-11(8-10)9-15(14(13)17)6-4-12(16)5-7-15/h2-3,8H,4-7,9H2,1H3. The highest BCUT2D eigenvalue weighted by atomic mass is 16.1. The van der Waals surface area contributed by atoms with E-state index in [4.69, 9.17) is 0 Å². The SMILES string of the molecule is Cc1ccc2c(c1)CC1(CCC(=O)CC1)C2=O. The van der Waals surface area contributed by atoms with Crippen LogP contribution in [0, 0.1) is 12.3 Å². The maximum Gasteiger partial charge on any atom is 0.169 e. The third kappa shape index (κ3) is 1.54. The molecule has 0 aromatic heterocycles. The molecule has 0 aliphatic heterocycles. The first-order chi connectivity index (χ1) is 8.11. The van der Waals surface area contributed by atoms with Crippen LogP contribution >= 0.6 is 0 Å². The number of ketones is 2. The molecule has 0 unspecified atom stereocenters. The van der Waals surface area contributed by atoms with Gasteiger partial charge in [0.1, 0.15) is 5.78 Å². The Hall–Kier alpha value is -1.44. The van der Waals surface area contributed by atoms with Crippen LogP contribution in [0.3, 0.4) is 0 Å². The Bertz CT molecular complexity index is 504. The number of carbonyl (C=O) groups is 2. The Balaban J connectivity index is 1.98. The summed E-state index contributed by atoms with van der Waals surface area (Å²) < 4.78 is 0.